The molecule has 2 heterocycles. The fraction of sp³-hybridized carbons (Fsp3) is 0.250. The second kappa shape index (κ2) is 7.41. The number of likely N-dealkylation sites (N-methyl/N-ethyl adjacent to an activating group) is 1. The highest BCUT2D eigenvalue weighted by atomic mass is 16.2. The molecule has 8 nitrogen and oxygen atoms in total. The first-order chi connectivity index (χ1) is 13.5. The molecule has 1 aromatic heterocycles. The number of piperazine rings is 1. The number of benzene rings is 2. The molecule has 5 N–H and O–H groups in total. The summed E-state index contributed by atoms with van der Waals surface area (Å²) in [6.07, 6.45) is 0. The number of nitrogens with zero attached hydrogens (tertiary/aromatic N) is 4. The maximum absolute atomic E-state index is 12.9. The van der Waals surface area contributed by atoms with E-state index in [-0.39, 0.29) is 11.9 Å². The van der Waals surface area contributed by atoms with E-state index < -0.39 is 0 Å². The van der Waals surface area contributed by atoms with Crippen LogP contribution in [0.1, 0.15) is 10.4 Å². The van der Waals surface area contributed by atoms with Crippen molar-refractivity contribution in [3.05, 3.63) is 48.0 Å². The third kappa shape index (κ3) is 3.47. The van der Waals surface area contributed by atoms with Gasteiger partial charge in [-0.25, -0.2) is 10.8 Å². The summed E-state index contributed by atoms with van der Waals surface area (Å²) in [5.74, 6) is 6.27. The molecule has 4 rings (SSSR count). The van der Waals surface area contributed by atoms with Gasteiger partial charge in [-0.1, -0.05) is 18.2 Å². The van der Waals surface area contributed by atoms with Crippen molar-refractivity contribution in [2.75, 3.05) is 44.4 Å². The average Bonchev–Trinajstić information content (AvgIpc) is 2.73. The van der Waals surface area contributed by atoms with Crippen molar-refractivity contribution >= 4 is 28.6 Å². The summed E-state index contributed by atoms with van der Waals surface area (Å²) in [5.41, 5.74) is 11.6. The number of rotatable bonds is 3. The number of hydrogen-bond donors (Lipinski definition) is 3. The highest BCUT2D eigenvalue weighted by Gasteiger charge is 2.20. The van der Waals surface area contributed by atoms with Crippen LogP contribution in [0, 0.1) is 0 Å². The monoisotopic (exact) mass is 377 g/mol. The molecule has 0 atom stereocenters. The molecule has 144 valence electrons. The third-order valence-electron chi connectivity index (χ3n) is 5.08. The van der Waals surface area contributed by atoms with Crippen LogP contribution in [0.4, 0.5) is 11.8 Å². The first-order valence-corrected chi connectivity index (χ1v) is 9.17. The molecule has 3 aromatic rings. The molecule has 0 saturated carbocycles. The second-order valence-electron chi connectivity index (χ2n) is 6.98. The maximum Gasteiger partial charge on any atom is 0.253 e. The predicted octanol–water partition coefficient (Wildman–Crippen LogP) is 1.55. The van der Waals surface area contributed by atoms with Crippen LogP contribution >= 0.6 is 0 Å². The average molecular weight is 377 g/mol. The minimum Gasteiger partial charge on any atom is -0.368 e. The van der Waals surface area contributed by atoms with Gasteiger partial charge in [0.1, 0.15) is 0 Å². The van der Waals surface area contributed by atoms with Gasteiger partial charge >= 0.3 is 0 Å². The SMILES string of the molecule is CN1CCN(C(=O)c2cccc(-c3ccc4nc(N)nc(NN)c4c3)c2)CC1. The highest BCUT2D eigenvalue weighted by Crippen LogP contribution is 2.28. The number of carbonyl (C=O) groups is 1. The van der Waals surface area contributed by atoms with Crippen LogP contribution in [0.3, 0.4) is 0 Å². The first-order valence-electron chi connectivity index (χ1n) is 9.17. The molecule has 1 fully saturated rings. The van der Waals surface area contributed by atoms with E-state index in [0.717, 1.165) is 42.7 Å². The molecule has 0 spiro atoms. The summed E-state index contributed by atoms with van der Waals surface area (Å²) in [7, 11) is 2.07. The lowest BCUT2D eigenvalue weighted by molar-refractivity contribution is 0.0664. The Labute approximate surface area is 163 Å². The van der Waals surface area contributed by atoms with Gasteiger partial charge in [-0.3, -0.25) is 4.79 Å². The predicted molar refractivity (Wildman–Crippen MR) is 111 cm³/mol. The zero-order valence-electron chi connectivity index (χ0n) is 15.7. The Morgan fingerprint density at radius 2 is 1.79 bits per heavy atom. The van der Waals surface area contributed by atoms with Gasteiger partial charge in [-0.15, -0.1) is 0 Å². The van der Waals surface area contributed by atoms with E-state index in [0.29, 0.717) is 16.9 Å². The van der Waals surface area contributed by atoms with Crippen LogP contribution in [0.15, 0.2) is 42.5 Å². The van der Waals surface area contributed by atoms with Crippen LogP contribution in [0.2, 0.25) is 0 Å². The topological polar surface area (TPSA) is 113 Å². The number of anilines is 2. The Kier molecular flexibility index (Phi) is 4.81. The van der Waals surface area contributed by atoms with Gasteiger partial charge in [-0.05, 0) is 42.4 Å². The summed E-state index contributed by atoms with van der Waals surface area (Å²) in [4.78, 5) is 25.4. The zero-order valence-corrected chi connectivity index (χ0v) is 15.7. The van der Waals surface area contributed by atoms with Crippen molar-refractivity contribution in [3.63, 3.8) is 0 Å². The van der Waals surface area contributed by atoms with Crippen molar-refractivity contribution in [1.82, 2.24) is 19.8 Å². The number of nitrogens with two attached hydrogens (primary N) is 2. The van der Waals surface area contributed by atoms with E-state index >= 15 is 0 Å². The van der Waals surface area contributed by atoms with Crippen molar-refractivity contribution in [1.29, 1.82) is 0 Å². The maximum atomic E-state index is 12.9. The van der Waals surface area contributed by atoms with Crippen LogP contribution in [0.25, 0.3) is 22.0 Å². The van der Waals surface area contributed by atoms with Gasteiger partial charge in [0.25, 0.3) is 5.91 Å². The van der Waals surface area contributed by atoms with Crippen LogP contribution in [0.5, 0.6) is 0 Å². The summed E-state index contributed by atoms with van der Waals surface area (Å²) in [6.45, 7) is 3.29. The molecule has 1 aliphatic heterocycles. The molecule has 2 aromatic carbocycles. The summed E-state index contributed by atoms with van der Waals surface area (Å²) in [5, 5.41) is 0.769. The van der Waals surface area contributed by atoms with Crippen LogP contribution in [-0.2, 0) is 0 Å². The van der Waals surface area contributed by atoms with E-state index in [2.05, 4.69) is 27.3 Å². The van der Waals surface area contributed by atoms with Crippen molar-refractivity contribution in [2.24, 2.45) is 5.84 Å². The molecule has 8 heteroatoms. The zero-order chi connectivity index (χ0) is 19.7. The summed E-state index contributed by atoms with van der Waals surface area (Å²) in [6, 6.07) is 13.5. The number of carbonyl (C=O) groups excluding carboxylic acids is 1. The van der Waals surface area contributed by atoms with Crippen molar-refractivity contribution in [3.8, 4) is 11.1 Å². The van der Waals surface area contributed by atoms with Gasteiger partial charge in [0.2, 0.25) is 5.95 Å². The van der Waals surface area contributed by atoms with E-state index in [1.165, 1.54) is 0 Å². The normalized spacial score (nSPS) is 15.0. The quantitative estimate of drug-likeness (QED) is 0.469. The van der Waals surface area contributed by atoms with Gasteiger partial charge in [0, 0.05) is 37.1 Å². The van der Waals surface area contributed by atoms with Gasteiger partial charge in [-0.2, -0.15) is 4.98 Å². The fourth-order valence-corrected chi connectivity index (χ4v) is 3.46. The van der Waals surface area contributed by atoms with Crippen molar-refractivity contribution < 1.29 is 4.79 Å². The largest absolute Gasteiger partial charge is 0.368 e. The van der Waals surface area contributed by atoms with E-state index in [1.54, 1.807) is 0 Å². The molecule has 1 aliphatic rings. The number of nitrogens with one attached hydrogen (secondary N) is 1. The number of hydrogen-bond acceptors (Lipinski definition) is 7. The molecular weight excluding hydrogens is 354 g/mol. The van der Waals surface area contributed by atoms with Crippen molar-refractivity contribution in [2.45, 2.75) is 0 Å². The van der Waals surface area contributed by atoms with E-state index in [4.69, 9.17) is 11.6 Å². The first kappa shape index (κ1) is 18.1. The molecule has 0 radical (unpaired) electrons. The summed E-state index contributed by atoms with van der Waals surface area (Å²) < 4.78 is 0. The number of aromatic nitrogens is 2. The lowest BCUT2D eigenvalue weighted by atomic mass is 10.0. The molecule has 0 bridgehead atoms. The number of fused-ring (bicyclic) bond motifs is 1. The number of hydrazine groups is 1. The third-order valence-corrected chi connectivity index (χ3v) is 5.08. The Morgan fingerprint density at radius 1 is 1.04 bits per heavy atom. The molecular formula is C20H23N7O. The fourth-order valence-electron chi connectivity index (χ4n) is 3.46. The van der Waals surface area contributed by atoms with Crippen LogP contribution < -0.4 is 17.0 Å². The Balaban J connectivity index is 1.67. The highest BCUT2D eigenvalue weighted by molar-refractivity contribution is 5.97. The van der Waals surface area contributed by atoms with Gasteiger partial charge in [0.15, 0.2) is 5.82 Å². The molecule has 0 aliphatic carbocycles. The second-order valence-corrected chi connectivity index (χ2v) is 6.98. The van der Waals surface area contributed by atoms with E-state index in [9.17, 15) is 4.79 Å². The Bertz CT molecular complexity index is 1030. The molecule has 28 heavy (non-hydrogen) atoms. The minimum absolute atomic E-state index is 0.0659. The summed E-state index contributed by atoms with van der Waals surface area (Å²) >= 11 is 0. The van der Waals surface area contributed by atoms with E-state index in [1.807, 2.05) is 47.4 Å². The van der Waals surface area contributed by atoms with Gasteiger partial charge in [0.05, 0.1) is 5.52 Å². The molecule has 1 saturated heterocycles. The molecule has 0 unspecified atom stereocenters. The van der Waals surface area contributed by atoms with Crippen LogP contribution in [-0.4, -0.2) is 58.9 Å². The molecule has 1 amide bonds. The number of nitrogen functional groups attached to an aromatic ring is 2. The van der Waals surface area contributed by atoms with Gasteiger partial charge < -0.3 is 21.0 Å². The Morgan fingerprint density at radius 3 is 2.54 bits per heavy atom. The smallest absolute Gasteiger partial charge is 0.253 e. The lowest BCUT2D eigenvalue weighted by Crippen LogP contribution is -2.47. The standard InChI is InChI=1S/C20H23N7O/c1-26-7-9-27(10-8-26)19(28)15-4-2-3-13(11-15)14-5-6-17-16(12-14)18(25-22)24-20(21)23-17/h2-6,11-12H,7-10,22H2,1H3,(H3,21,23,24,25). The lowest BCUT2D eigenvalue weighted by Gasteiger charge is -2.32. The number of amides is 1. The minimum atomic E-state index is 0.0659. The Hall–Kier alpha value is -3.23.